The minimum atomic E-state index is -0.313. The van der Waals surface area contributed by atoms with Crippen molar-refractivity contribution in [3.8, 4) is 0 Å². The van der Waals surface area contributed by atoms with Gasteiger partial charge in [-0.1, -0.05) is 49.7 Å². The lowest BCUT2D eigenvalue weighted by molar-refractivity contribution is 0.101. The first-order chi connectivity index (χ1) is 13.5. The molecule has 2 amide bonds. The molecule has 0 spiro atoms. The van der Waals surface area contributed by atoms with Gasteiger partial charge in [0.1, 0.15) is 5.82 Å². The van der Waals surface area contributed by atoms with E-state index < -0.39 is 0 Å². The Morgan fingerprint density at radius 1 is 0.750 bits per heavy atom. The molecule has 2 aromatic carbocycles. The van der Waals surface area contributed by atoms with Gasteiger partial charge in [0, 0.05) is 22.9 Å². The average Bonchev–Trinajstić information content (AvgIpc) is 2.69. The molecule has 144 valence electrons. The molecule has 1 aromatic heterocycles. The van der Waals surface area contributed by atoms with Gasteiger partial charge < -0.3 is 5.32 Å². The lowest BCUT2D eigenvalue weighted by Gasteiger charge is -2.09. The number of anilines is 2. The highest BCUT2D eigenvalue weighted by Crippen LogP contribution is 2.13. The van der Waals surface area contributed by atoms with Gasteiger partial charge in [0.25, 0.3) is 11.8 Å². The normalized spacial score (nSPS) is 9.71. The van der Waals surface area contributed by atoms with Gasteiger partial charge in [-0.25, -0.2) is 4.98 Å². The Morgan fingerprint density at radius 2 is 1.39 bits per heavy atom. The lowest BCUT2D eigenvalue weighted by Crippen LogP contribution is -2.17. The Labute approximate surface area is 165 Å². The van der Waals surface area contributed by atoms with Crippen LogP contribution in [0.2, 0.25) is 0 Å². The van der Waals surface area contributed by atoms with Gasteiger partial charge in [0.05, 0.1) is 0 Å². The molecule has 0 aliphatic rings. The van der Waals surface area contributed by atoms with E-state index in [0.717, 1.165) is 5.56 Å². The van der Waals surface area contributed by atoms with Gasteiger partial charge in [0.2, 0.25) is 5.95 Å². The molecule has 3 rings (SSSR count). The lowest BCUT2D eigenvalue weighted by atomic mass is 10.1. The van der Waals surface area contributed by atoms with E-state index in [9.17, 15) is 9.59 Å². The highest BCUT2D eigenvalue weighted by molar-refractivity contribution is 6.05. The molecule has 0 saturated carbocycles. The molecule has 0 aliphatic carbocycles. The number of hydrogen-bond donors (Lipinski definition) is 2. The van der Waals surface area contributed by atoms with Gasteiger partial charge in [-0.05, 0) is 38.1 Å². The van der Waals surface area contributed by atoms with Crippen molar-refractivity contribution < 1.29 is 9.59 Å². The number of amides is 2. The fourth-order valence-corrected chi connectivity index (χ4v) is 2.43. The summed E-state index contributed by atoms with van der Waals surface area (Å²) in [4.78, 5) is 33.0. The van der Waals surface area contributed by atoms with Crippen LogP contribution in [0.1, 0.15) is 45.8 Å². The quantitative estimate of drug-likeness (QED) is 0.696. The second kappa shape index (κ2) is 9.97. The second-order valence-electron chi connectivity index (χ2n) is 5.86. The Kier molecular flexibility index (Phi) is 7.39. The van der Waals surface area contributed by atoms with Crippen molar-refractivity contribution in [2.45, 2.75) is 27.7 Å². The number of rotatable bonds is 4. The van der Waals surface area contributed by atoms with Crippen LogP contribution in [0.15, 0.2) is 60.7 Å². The number of hydrogen-bond acceptors (Lipinski definition) is 4. The SMILES string of the molecule is CC.Cc1cccc(C(=O)Nc2cc(C)nc(NC(=O)c3ccccc3)n2)c1. The zero-order chi connectivity index (χ0) is 20.5. The number of nitrogens with one attached hydrogen (secondary N) is 2. The Hall–Kier alpha value is -3.54. The number of nitrogens with zero attached hydrogens (tertiary/aromatic N) is 2. The van der Waals surface area contributed by atoms with Crippen LogP contribution in [0.3, 0.4) is 0 Å². The number of benzene rings is 2. The molecule has 6 heteroatoms. The summed E-state index contributed by atoms with van der Waals surface area (Å²) in [6, 6.07) is 17.7. The Morgan fingerprint density at radius 3 is 2.07 bits per heavy atom. The summed E-state index contributed by atoms with van der Waals surface area (Å²) < 4.78 is 0. The molecule has 0 atom stereocenters. The summed E-state index contributed by atoms with van der Waals surface area (Å²) in [6.45, 7) is 7.69. The van der Waals surface area contributed by atoms with E-state index in [-0.39, 0.29) is 17.8 Å². The van der Waals surface area contributed by atoms with Crippen molar-refractivity contribution >= 4 is 23.6 Å². The van der Waals surface area contributed by atoms with Crippen LogP contribution < -0.4 is 10.6 Å². The van der Waals surface area contributed by atoms with E-state index >= 15 is 0 Å². The van der Waals surface area contributed by atoms with E-state index in [1.165, 1.54) is 0 Å². The van der Waals surface area contributed by atoms with Crippen LogP contribution >= 0.6 is 0 Å². The zero-order valence-electron chi connectivity index (χ0n) is 16.5. The maximum Gasteiger partial charge on any atom is 0.258 e. The van der Waals surface area contributed by atoms with E-state index in [4.69, 9.17) is 0 Å². The number of aryl methyl sites for hydroxylation is 2. The van der Waals surface area contributed by atoms with Gasteiger partial charge in [-0.3, -0.25) is 14.9 Å². The van der Waals surface area contributed by atoms with E-state index in [0.29, 0.717) is 22.6 Å². The fraction of sp³-hybridized carbons (Fsp3) is 0.182. The van der Waals surface area contributed by atoms with Gasteiger partial charge in [0.15, 0.2) is 0 Å². The smallest absolute Gasteiger partial charge is 0.258 e. The number of carbonyl (C=O) groups is 2. The van der Waals surface area contributed by atoms with Crippen molar-refractivity contribution in [1.29, 1.82) is 0 Å². The predicted molar refractivity (Wildman–Crippen MR) is 112 cm³/mol. The van der Waals surface area contributed by atoms with Crippen molar-refractivity contribution in [3.05, 3.63) is 83.0 Å². The fourth-order valence-electron chi connectivity index (χ4n) is 2.43. The minimum absolute atomic E-state index is 0.137. The molecule has 0 bridgehead atoms. The topological polar surface area (TPSA) is 84.0 Å². The van der Waals surface area contributed by atoms with E-state index in [1.807, 2.05) is 39.0 Å². The standard InChI is InChI=1S/C20H18N4O2.C2H6/c1-13-7-6-10-16(11-13)19(26)22-17-12-14(2)21-20(23-17)24-18(25)15-8-4-3-5-9-15;1-2/h3-12H,1-2H3,(H2,21,22,23,24,25,26);1-2H3. The molecule has 0 aliphatic heterocycles. The summed E-state index contributed by atoms with van der Waals surface area (Å²) in [6.07, 6.45) is 0. The van der Waals surface area contributed by atoms with Crippen molar-refractivity contribution in [1.82, 2.24) is 9.97 Å². The second-order valence-corrected chi connectivity index (χ2v) is 5.86. The molecule has 2 N–H and O–H groups in total. The maximum atomic E-state index is 12.4. The number of carbonyl (C=O) groups excluding carboxylic acids is 2. The highest BCUT2D eigenvalue weighted by atomic mass is 16.2. The van der Waals surface area contributed by atoms with Gasteiger partial charge in [-0.2, -0.15) is 4.98 Å². The molecule has 0 unspecified atom stereocenters. The molecule has 6 nitrogen and oxygen atoms in total. The molecule has 1 heterocycles. The molecule has 28 heavy (non-hydrogen) atoms. The van der Waals surface area contributed by atoms with Crippen LogP contribution in [0.25, 0.3) is 0 Å². The highest BCUT2D eigenvalue weighted by Gasteiger charge is 2.11. The van der Waals surface area contributed by atoms with Crippen LogP contribution in [-0.4, -0.2) is 21.8 Å². The first-order valence-electron chi connectivity index (χ1n) is 9.11. The van der Waals surface area contributed by atoms with Gasteiger partial charge in [-0.15, -0.1) is 0 Å². The third-order valence-electron chi connectivity index (χ3n) is 3.64. The first kappa shape index (κ1) is 20.8. The van der Waals surface area contributed by atoms with Crippen LogP contribution in [0.4, 0.5) is 11.8 Å². The summed E-state index contributed by atoms with van der Waals surface area (Å²) in [5.41, 5.74) is 2.66. The van der Waals surface area contributed by atoms with Crippen molar-refractivity contribution in [2.24, 2.45) is 0 Å². The summed E-state index contributed by atoms with van der Waals surface area (Å²) in [5.74, 6) is -0.120. The Balaban J connectivity index is 0.00000136. The summed E-state index contributed by atoms with van der Waals surface area (Å²) in [7, 11) is 0. The zero-order valence-corrected chi connectivity index (χ0v) is 16.5. The minimum Gasteiger partial charge on any atom is -0.306 e. The van der Waals surface area contributed by atoms with E-state index in [1.54, 1.807) is 49.4 Å². The average molecular weight is 376 g/mol. The molecular weight excluding hydrogens is 352 g/mol. The molecule has 0 saturated heterocycles. The summed E-state index contributed by atoms with van der Waals surface area (Å²) >= 11 is 0. The third-order valence-corrected chi connectivity index (χ3v) is 3.64. The molecule has 3 aromatic rings. The molecule has 0 fully saturated rings. The Bertz CT molecular complexity index is 956. The van der Waals surface area contributed by atoms with Crippen LogP contribution in [0, 0.1) is 13.8 Å². The number of aromatic nitrogens is 2. The molecule has 0 radical (unpaired) electrons. The monoisotopic (exact) mass is 376 g/mol. The van der Waals surface area contributed by atoms with Crippen molar-refractivity contribution in [2.75, 3.05) is 10.6 Å². The van der Waals surface area contributed by atoms with Crippen LogP contribution in [0.5, 0.6) is 0 Å². The summed E-state index contributed by atoms with van der Waals surface area (Å²) in [5, 5.41) is 5.39. The predicted octanol–water partition coefficient (Wildman–Crippen LogP) is 4.62. The van der Waals surface area contributed by atoms with Gasteiger partial charge >= 0.3 is 0 Å². The van der Waals surface area contributed by atoms with Crippen LogP contribution in [-0.2, 0) is 0 Å². The first-order valence-corrected chi connectivity index (χ1v) is 9.11. The van der Waals surface area contributed by atoms with Crippen molar-refractivity contribution in [3.63, 3.8) is 0 Å². The largest absolute Gasteiger partial charge is 0.306 e. The third kappa shape index (κ3) is 5.74. The molecular formula is C22H24N4O2. The maximum absolute atomic E-state index is 12.4. The van der Waals surface area contributed by atoms with E-state index in [2.05, 4.69) is 20.6 Å².